The Hall–Kier alpha value is -2.03. The first kappa shape index (κ1) is 14.4. The van der Waals surface area contributed by atoms with E-state index in [0.29, 0.717) is 11.6 Å². The third-order valence-corrected chi connectivity index (χ3v) is 2.92. The van der Waals surface area contributed by atoms with Crippen LogP contribution in [0.3, 0.4) is 0 Å². The van der Waals surface area contributed by atoms with Crippen molar-refractivity contribution in [2.24, 2.45) is 5.41 Å². The van der Waals surface area contributed by atoms with Crippen molar-refractivity contribution in [3.05, 3.63) is 47.7 Å². The van der Waals surface area contributed by atoms with Crippen LogP contribution in [0.15, 0.2) is 36.5 Å². The molecule has 106 valence electrons. The van der Waals surface area contributed by atoms with E-state index >= 15 is 0 Å². The van der Waals surface area contributed by atoms with Gasteiger partial charge in [-0.1, -0.05) is 32.9 Å². The number of hydrogen-bond acceptors (Lipinski definition) is 3. The molecule has 1 aromatic heterocycles. The highest BCUT2D eigenvalue weighted by molar-refractivity contribution is 5.43. The first-order chi connectivity index (χ1) is 9.33. The Labute approximate surface area is 120 Å². The third-order valence-electron chi connectivity index (χ3n) is 2.92. The number of ether oxygens (including phenoxy) is 1. The van der Waals surface area contributed by atoms with Gasteiger partial charge >= 0.3 is 0 Å². The fourth-order valence-corrected chi connectivity index (χ4v) is 2.09. The lowest BCUT2D eigenvalue weighted by Gasteiger charge is -2.18. The van der Waals surface area contributed by atoms with Crippen LogP contribution in [-0.2, 0) is 6.42 Å². The Bertz CT molecular complexity index is 583. The lowest BCUT2D eigenvalue weighted by atomic mass is 9.88. The minimum Gasteiger partial charge on any atom is -0.439 e. The van der Waals surface area contributed by atoms with Gasteiger partial charge in [-0.25, -0.2) is 4.98 Å². The molecule has 0 unspecified atom stereocenters. The molecular formula is C17H22N2O. The summed E-state index contributed by atoms with van der Waals surface area (Å²) >= 11 is 0. The molecule has 0 aliphatic carbocycles. The van der Waals surface area contributed by atoms with E-state index in [1.165, 1.54) is 5.56 Å². The molecule has 3 heteroatoms. The maximum atomic E-state index is 5.78. The number of nitrogen functional groups attached to an aromatic ring is 1. The largest absolute Gasteiger partial charge is 0.439 e. The molecule has 0 radical (unpaired) electrons. The van der Waals surface area contributed by atoms with E-state index in [-0.39, 0.29) is 5.41 Å². The molecule has 0 atom stereocenters. The highest BCUT2D eigenvalue weighted by Crippen LogP contribution is 2.26. The Morgan fingerprint density at radius 1 is 1.15 bits per heavy atom. The zero-order valence-corrected chi connectivity index (χ0v) is 12.6. The van der Waals surface area contributed by atoms with Crippen LogP contribution in [0.5, 0.6) is 11.6 Å². The van der Waals surface area contributed by atoms with Gasteiger partial charge in [0.2, 0.25) is 5.88 Å². The molecule has 1 heterocycles. The van der Waals surface area contributed by atoms with Crippen LogP contribution in [0.1, 0.15) is 31.9 Å². The van der Waals surface area contributed by atoms with Gasteiger partial charge < -0.3 is 10.5 Å². The number of hydrogen-bond donors (Lipinski definition) is 1. The third kappa shape index (κ3) is 3.98. The van der Waals surface area contributed by atoms with Gasteiger partial charge in [0.25, 0.3) is 0 Å². The molecule has 0 amide bonds. The molecule has 2 rings (SSSR count). The van der Waals surface area contributed by atoms with E-state index in [9.17, 15) is 0 Å². The zero-order valence-electron chi connectivity index (χ0n) is 12.6. The van der Waals surface area contributed by atoms with Gasteiger partial charge in [0.1, 0.15) is 5.75 Å². The Morgan fingerprint density at radius 2 is 1.80 bits per heavy atom. The van der Waals surface area contributed by atoms with E-state index in [0.717, 1.165) is 17.7 Å². The summed E-state index contributed by atoms with van der Waals surface area (Å²) < 4.78 is 5.78. The topological polar surface area (TPSA) is 48.1 Å². The van der Waals surface area contributed by atoms with Gasteiger partial charge in [-0.05, 0) is 42.5 Å². The van der Waals surface area contributed by atoms with Crippen molar-refractivity contribution in [3.8, 4) is 11.6 Å². The van der Waals surface area contributed by atoms with Crippen LogP contribution in [0, 0.1) is 12.3 Å². The van der Waals surface area contributed by atoms with Gasteiger partial charge in [-0.2, -0.15) is 0 Å². The van der Waals surface area contributed by atoms with Crippen molar-refractivity contribution in [1.29, 1.82) is 0 Å². The average molecular weight is 270 g/mol. The molecule has 0 bridgehead atoms. The van der Waals surface area contributed by atoms with Crippen LogP contribution >= 0.6 is 0 Å². The summed E-state index contributed by atoms with van der Waals surface area (Å²) in [7, 11) is 0. The molecule has 0 aliphatic rings. The van der Waals surface area contributed by atoms with E-state index in [4.69, 9.17) is 10.5 Å². The Kier molecular flexibility index (Phi) is 3.98. The highest BCUT2D eigenvalue weighted by atomic mass is 16.5. The van der Waals surface area contributed by atoms with Crippen molar-refractivity contribution in [2.45, 2.75) is 34.1 Å². The molecule has 0 aliphatic heterocycles. The second kappa shape index (κ2) is 5.53. The minimum absolute atomic E-state index is 0.289. The van der Waals surface area contributed by atoms with Crippen molar-refractivity contribution in [2.75, 3.05) is 5.73 Å². The SMILES string of the molecule is Cc1cc(N)cnc1Oc1ccc(CC(C)(C)C)cc1. The Balaban J connectivity index is 2.11. The quantitative estimate of drug-likeness (QED) is 0.901. The summed E-state index contributed by atoms with van der Waals surface area (Å²) in [6, 6.07) is 10.0. The van der Waals surface area contributed by atoms with Crippen LogP contribution in [-0.4, -0.2) is 4.98 Å². The molecule has 0 fully saturated rings. The molecule has 2 N–H and O–H groups in total. The van der Waals surface area contributed by atoms with Crippen molar-refractivity contribution in [3.63, 3.8) is 0 Å². The smallest absolute Gasteiger partial charge is 0.222 e. The van der Waals surface area contributed by atoms with Crippen molar-refractivity contribution < 1.29 is 4.74 Å². The van der Waals surface area contributed by atoms with E-state index in [2.05, 4.69) is 37.9 Å². The number of rotatable bonds is 3. The number of pyridine rings is 1. The van der Waals surface area contributed by atoms with Gasteiger partial charge in [0.15, 0.2) is 0 Å². The maximum absolute atomic E-state index is 5.78. The van der Waals surface area contributed by atoms with E-state index in [1.807, 2.05) is 25.1 Å². The summed E-state index contributed by atoms with van der Waals surface area (Å²) in [5.41, 5.74) is 8.87. The number of nitrogens with zero attached hydrogens (tertiary/aromatic N) is 1. The molecule has 0 saturated heterocycles. The highest BCUT2D eigenvalue weighted by Gasteiger charge is 2.11. The fourth-order valence-electron chi connectivity index (χ4n) is 2.09. The molecule has 20 heavy (non-hydrogen) atoms. The lowest BCUT2D eigenvalue weighted by molar-refractivity contribution is 0.410. The summed E-state index contributed by atoms with van der Waals surface area (Å²) in [5.74, 6) is 1.39. The van der Waals surface area contributed by atoms with Crippen LogP contribution < -0.4 is 10.5 Å². The number of anilines is 1. The van der Waals surface area contributed by atoms with E-state index in [1.54, 1.807) is 6.20 Å². The average Bonchev–Trinajstić information content (AvgIpc) is 2.33. The zero-order chi connectivity index (χ0) is 14.8. The summed E-state index contributed by atoms with van der Waals surface area (Å²) in [5, 5.41) is 0. The predicted molar refractivity (Wildman–Crippen MR) is 83.1 cm³/mol. The number of benzene rings is 1. The van der Waals surface area contributed by atoms with Gasteiger partial charge in [-0.3, -0.25) is 0 Å². The van der Waals surface area contributed by atoms with Crippen LogP contribution in [0.2, 0.25) is 0 Å². The maximum Gasteiger partial charge on any atom is 0.222 e. The molecule has 0 saturated carbocycles. The number of nitrogens with two attached hydrogens (primary N) is 1. The first-order valence-corrected chi connectivity index (χ1v) is 6.82. The van der Waals surface area contributed by atoms with Crippen molar-refractivity contribution in [1.82, 2.24) is 4.98 Å². The minimum atomic E-state index is 0.289. The monoisotopic (exact) mass is 270 g/mol. The van der Waals surface area contributed by atoms with Gasteiger partial charge in [0.05, 0.1) is 11.9 Å². The van der Waals surface area contributed by atoms with Gasteiger partial charge in [0, 0.05) is 5.56 Å². The van der Waals surface area contributed by atoms with Crippen LogP contribution in [0.25, 0.3) is 0 Å². The van der Waals surface area contributed by atoms with Crippen LogP contribution in [0.4, 0.5) is 5.69 Å². The molecule has 3 nitrogen and oxygen atoms in total. The van der Waals surface area contributed by atoms with Gasteiger partial charge in [-0.15, -0.1) is 0 Å². The summed E-state index contributed by atoms with van der Waals surface area (Å²) in [6.45, 7) is 8.64. The molecule has 0 spiro atoms. The first-order valence-electron chi connectivity index (χ1n) is 6.82. The standard InChI is InChI=1S/C17H22N2O/c1-12-9-14(18)11-19-16(12)20-15-7-5-13(6-8-15)10-17(2,3)4/h5-9,11H,10,18H2,1-4H3. The normalized spacial score (nSPS) is 11.4. The summed E-state index contributed by atoms with van der Waals surface area (Å²) in [4.78, 5) is 4.21. The predicted octanol–water partition coefficient (Wildman–Crippen LogP) is 4.35. The van der Waals surface area contributed by atoms with Crippen molar-refractivity contribution >= 4 is 5.69 Å². The van der Waals surface area contributed by atoms with E-state index < -0.39 is 0 Å². The molecular weight excluding hydrogens is 248 g/mol. The number of aryl methyl sites for hydroxylation is 1. The lowest BCUT2D eigenvalue weighted by Crippen LogP contribution is -2.08. The molecule has 1 aromatic carbocycles. The Morgan fingerprint density at radius 3 is 2.35 bits per heavy atom. The summed E-state index contributed by atoms with van der Waals surface area (Å²) in [6.07, 6.45) is 2.66. The second-order valence-corrected chi connectivity index (χ2v) is 6.37. The second-order valence-electron chi connectivity index (χ2n) is 6.37. The number of aromatic nitrogens is 1. The molecule has 2 aromatic rings. The fraction of sp³-hybridized carbons (Fsp3) is 0.353.